The molecule has 0 saturated carbocycles. The van der Waals surface area contributed by atoms with Crippen molar-refractivity contribution in [3.8, 4) is 10.6 Å². The maximum atomic E-state index is 12.7. The van der Waals surface area contributed by atoms with Crippen molar-refractivity contribution in [2.45, 2.75) is 20.4 Å². The molecule has 3 heterocycles. The van der Waals surface area contributed by atoms with E-state index >= 15 is 0 Å². The van der Waals surface area contributed by atoms with Gasteiger partial charge in [-0.1, -0.05) is 12.1 Å². The number of amides is 1. The number of aromatic nitrogens is 2. The summed E-state index contributed by atoms with van der Waals surface area (Å²) in [5.74, 6) is 0.695. The number of ether oxygens (including phenoxy) is 1. The van der Waals surface area contributed by atoms with Gasteiger partial charge in [-0.05, 0) is 43.7 Å². The van der Waals surface area contributed by atoms with E-state index in [1.165, 1.54) is 6.26 Å². The maximum Gasteiger partial charge on any atom is 0.292 e. The Morgan fingerprint density at radius 2 is 2.07 bits per heavy atom. The number of furan rings is 1. The third-order valence-corrected chi connectivity index (χ3v) is 5.89. The minimum absolute atomic E-state index is 0.269. The summed E-state index contributed by atoms with van der Waals surface area (Å²) in [5, 5.41) is 3.92. The molecule has 0 unspecified atom stereocenters. The summed E-state index contributed by atoms with van der Waals surface area (Å²) in [6.07, 6.45) is 1.49. The zero-order chi connectivity index (χ0) is 19.7. The van der Waals surface area contributed by atoms with Gasteiger partial charge in [0, 0.05) is 19.3 Å². The summed E-state index contributed by atoms with van der Waals surface area (Å²) in [6, 6.07) is 11.4. The number of benzene rings is 1. The number of carbonyl (C=O) groups excluding carboxylic acids is 1. The molecule has 0 bridgehead atoms. The second-order valence-electron chi connectivity index (χ2n) is 6.50. The number of hydrogen-bond acceptors (Lipinski definition) is 5. The highest BCUT2D eigenvalue weighted by Crippen LogP contribution is 2.40. The summed E-state index contributed by atoms with van der Waals surface area (Å²) < 4.78 is 13.7. The van der Waals surface area contributed by atoms with Crippen molar-refractivity contribution < 1.29 is 13.9 Å². The number of fused-ring (bicyclic) bond motifs is 1. The fourth-order valence-electron chi connectivity index (χ4n) is 3.27. The molecule has 0 spiro atoms. The van der Waals surface area contributed by atoms with Crippen LogP contribution >= 0.6 is 11.3 Å². The molecule has 0 atom stereocenters. The molecule has 6 nitrogen and oxygen atoms in total. The van der Waals surface area contributed by atoms with Crippen LogP contribution in [0.4, 0.5) is 5.82 Å². The average molecular weight is 395 g/mol. The lowest BCUT2D eigenvalue weighted by Crippen LogP contribution is -2.17. The second kappa shape index (κ2) is 7.61. The normalized spacial score (nSPS) is 11.2. The highest BCUT2D eigenvalue weighted by molar-refractivity contribution is 7.21. The molecule has 0 aliphatic heterocycles. The van der Waals surface area contributed by atoms with Crippen molar-refractivity contribution in [2.24, 2.45) is 0 Å². The van der Waals surface area contributed by atoms with E-state index in [1.807, 2.05) is 25.1 Å². The molecule has 0 saturated heterocycles. The van der Waals surface area contributed by atoms with Gasteiger partial charge in [0.2, 0.25) is 0 Å². The molecule has 1 N–H and O–H groups in total. The number of hydrogen-bond donors (Lipinski definition) is 1. The molecule has 0 fully saturated rings. The Hall–Kier alpha value is -2.90. The van der Waals surface area contributed by atoms with Crippen LogP contribution in [0, 0.1) is 13.8 Å². The van der Waals surface area contributed by atoms with Gasteiger partial charge in [0.05, 0.1) is 28.7 Å². The Kier molecular flexibility index (Phi) is 5.02. The number of para-hydroxylation sites is 1. The van der Waals surface area contributed by atoms with E-state index < -0.39 is 0 Å². The molecule has 7 heteroatoms. The first-order chi connectivity index (χ1) is 13.6. The molecule has 28 heavy (non-hydrogen) atoms. The number of rotatable bonds is 6. The standard InChI is InChI=1S/C21H21N3O3S/c1-13-14(2)24(10-12-26-3)19(23-20(25)16-8-6-11-27-16)18(13)21-22-15-7-4-5-9-17(15)28-21/h4-9,11H,10,12H2,1-3H3,(H,23,25). The minimum atomic E-state index is -0.288. The molecule has 0 aliphatic rings. The average Bonchev–Trinajstić information content (AvgIpc) is 3.41. The Bertz CT molecular complexity index is 1090. The van der Waals surface area contributed by atoms with Gasteiger partial charge in [0.25, 0.3) is 5.91 Å². The van der Waals surface area contributed by atoms with Gasteiger partial charge < -0.3 is 19.0 Å². The second-order valence-corrected chi connectivity index (χ2v) is 7.53. The molecule has 0 radical (unpaired) electrons. The first-order valence-corrected chi connectivity index (χ1v) is 9.81. The predicted molar refractivity (Wildman–Crippen MR) is 111 cm³/mol. The Labute approximate surface area is 166 Å². The number of nitrogens with one attached hydrogen (secondary N) is 1. The molecule has 1 aromatic carbocycles. The van der Waals surface area contributed by atoms with Gasteiger partial charge in [-0.15, -0.1) is 11.3 Å². The number of thiazole rings is 1. The summed E-state index contributed by atoms with van der Waals surface area (Å²) in [6.45, 7) is 5.27. The molecule has 4 rings (SSSR count). The summed E-state index contributed by atoms with van der Waals surface area (Å²) in [7, 11) is 1.67. The van der Waals surface area contributed by atoms with Crippen LogP contribution in [0.2, 0.25) is 0 Å². The van der Waals surface area contributed by atoms with Crippen LogP contribution in [0.3, 0.4) is 0 Å². The lowest BCUT2D eigenvalue weighted by Gasteiger charge is -2.12. The van der Waals surface area contributed by atoms with Crippen molar-refractivity contribution in [1.29, 1.82) is 0 Å². The van der Waals surface area contributed by atoms with E-state index in [0.717, 1.165) is 32.0 Å². The van der Waals surface area contributed by atoms with Gasteiger partial charge >= 0.3 is 0 Å². The quantitative estimate of drug-likeness (QED) is 0.505. The van der Waals surface area contributed by atoms with Crippen molar-refractivity contribution in [2.75, 3.05) is 19.0 Å². The van der Waals surface area contributed by atoms with Crippen LogP contribution in [0.1, 0.15) is 21.8 Å². The minimum Gasteiger partial charge on any atom is -0.459 e. The van der Waals surface area contributed by atoms with E-state index in [-0.39, 0.29) is 11.7 Å². The molecular weight excluding hydrogens is 374 g/mol. The van der Waals surface area contributed by atoms with E-state index in [2.05, 4.69) is 22.9 Å². The molecule has 1 amide bonds. The zero-order valence-electron chi connectivity index (χ0n) is 16.0. The monoisotopic (exact) mass is 395 g/mol. The zero-order valence-corrected chi connectivity index (χ0v) is 16.8. The van der Waals surface area contributed by atoms with Crippen molar-refractivity contribution in [1.82, 2.24) is 9.55 Å². The third kappa shape index (κ3) is 3.23. The van der Waals surface area contributed by atoms with Crippen molar-refractivity contribution in [3.63, 3.8) is 0 Å². The van der Waals surface area contributed by atoms with Gasteiger partial charge in [0.15, 0.2) is 5.76 Å². The lowest BCUT2D eigenvalue weighted by molar-refractivity contribution is 0.0995. The maximum absolute atomic E-state index is 12.7. The highest BCUT2D eigenvalue weighted by atomic mass is 32.1. The lowest BCUT2D eigenvalue weighted by atomic mass is 10.1. The van der Waals surface area contributed by atoms with E-state index in [0.29, 0.717) is 19.0 Å². The van der Waals surface area contributed by atoms with Gasteiger partial charge in [-0.3, -0.25) is 4.79 Å². The van der Waals surface area contributed by atoms with E-state index in [9.17, 15) is 4.79 Å². The van der Waals surface area contributed by atoms with Crippen LogP contribution in [0.25, 0.3) is 20.8 Å². The molecule has 3 aromatic heterocycles. The van der Waals surface area contributed by atoms with Gasteiger partial charge in [0.1, 0.15) is 10.8 Å². The first kappa shape index (κ1) is 18.5. The van der Waals surface area contributed by atoms with Crippen molar-refractivity contribution in [3.05, 3.63) is 59.7 Å². The largest absolute Gasteiger partial charge is 0.459 e. The Morgan fingerprint density at radius 1 is 1.25 bits per heavy atom. The van der Waals surface area contributed by atoms with Gasteiger partial charge in [-0.25, -0.2) is 4.98 Å². The Balaban J connectivity index is 1.85. The SMILES string of the molecule is COCCn1c(C)c(C)c(-c2nc3ccccc3s2)c1NC(=O)c1ccco1. The smallest absolute Gasteiger partial charge is 0.292 e. The molecule has 144 valence electrons. The van der Waals surface area contributed by atoms with Gasteiger partial charge in [-0.2, -0.15) is 0 Å². The van der Waals surface area contributed by atoms with Crippen LogP contribution in [0.15, 0.2) is 47.1 Å². The summed E-state index contributed by atoms with van der Waals surface area (Å²) in [4.78, 5) is 17.5. The topological polar surface area (TPSA) is 69.3 Å². The fraction of sp³-hybridized carbons (Fsp3) is 0.238. The molecule has 4 aromatic rings. The highest BCUT2D eigenvalue weighted by Gasteiger charge is 2.24. The van der Waals surface area contributed by atoms with Crippen molar-refractivity contribution >= 4 is 33.3 Å². The van der Waals surface area contributed by atoms with Crippen LogP contribution in [0.5, 0.6) is 0 Å². The number of nitrogens with zero attached hydrogens (tertiary/aromatic N) is 2. The number of methoxy groups -OCH3 is 1. The number of carbonyl (C=O) groups is 1. The van der Waals surface area contributed by atoms with Crippen LogP contribution < -0.4 is 5.32 Å². The van der Waals surface area contributed by atoms with E-state index in [1.54, 1.807) is 30.6 Å². The summed E-state index contributed by atoms with van der Waals surface area (Å²) >= 11 is 1.62. The Morgan fingerprint density at radius 3 is 2.79 bits per heavy atom. The predicted octanol–water partition coefficient (Wildman–Crippen LogP) is 4.87. The van der Waals surface area contributed by atoms with Crippen LogP contribution in [-0.4, -0.2) is 29.2 Å². The molecule has 0 aliphatic carbocycles. The first-order valence-electron chi connectivity index (χ1n) is 8.99. The van der Waals surface area contributed by atoms with E-state index in [4.69, 9.17) is 14.1 Å². The van der Waals surface area contributed by atoms with Crippen LogP contribution in [-0.2, 0) is 11.3 Å². The fourth-order valence-corrected chi connectivity index (χ4v) is 4.34. The summed E-state index contributed by atoms with van der Waals surface area (Å²) in [5.41, 5.74) is 4.05. The number of anilines is 1. The third-order valence-electron chi connectivity index (χ3n) is 4.83. The molecular formula is C21H21N3O3S.